The van der Waals surface area contributed by atoms with E-state index < -0.39 is 5.91 Å². The van der Waals surface area contributed by atoms with E-state index in [1.807, 2.05) is 41.9 Å². The van der Waals surface area contributed by atoms with Gasteiger partial charge in [0.25, 0.3) is 11.8 Å². The van der Waals surface area contributed by atoms with Crippen LogP contribution >= 0.6 is 0 Å². The van der Waals surface area contributed by atoms with Crippen molar-refractivity contribution in [3.05, 3.63) is 53.8 Å². The van der Waals surface area contributed by atoms with E-state index in [1.54, 1.807) is 11.8 Å². The molecule has 1 saturated heterocycles. The van der Waals surface area contributed by atoms with Gasteiger partial charge in [-0.15, -0.1) is 0 Å². The summed E-state index contributed by atoms with van der Waals surface area (Å²) in [6.45, 7) is 6.23. The van der Waals surface area contributed by atoms with Crippen LogP contribution in [0.5, 0.6) is 5.75 Å². The predicted octanol–water partition coefficient (Wildman–Crippen LogP) is 3.96. The summed E-state index contributed by atoms with van der Waals surface area (Å²) in [6.07, 6.45) is 9.84. The van der Waals surface area contributed by atoms with Crippen LogP contribution in [-0.4, -0.2) is 46.1 Å². The number of amides is 2. The Morgan fingerprint density at radius 3 is 2.56 bits per heavy atom. The van der Waals surface area contributed by atoms with Gasteiger partial charge in [0.1, 0.15) is 28.6 Å². The average Bonchev–Trinajstić information content (AvgIpc) is 3.24. The lowest BCUT2D eigenvalue weighted by atomic mass is 9.97. The molecule has 2 heterocycles. The van der Waals surface area contributed by atoms with Crippen LogP contribution < -0.4 is 15.8 Å². The number of hydrogen-bond acceptors (Lipinski definition) is 5. The first-order valence-electron chi connectivity index (χ1n) is 12.5. The molecular weight excluding hydrogens is 454 g/mol. The van der Waals surface area contributed by atoms with Gasteiger partial charge in [-0.3, -0.25) is 9.59 Å². The number of nitrogens with one attached hydrogen (secondary N) is 1. The van der Waals surface area contributed by atoms with Crippen molar-refractivity contribution in [3.8, 4) is 28.8 Å². The van der Waals surface area contributed by atoms with Gasteiger partial charge in [-0.05, 0) is 87.8 Å². The number of carbonyl (C=O) groups excluding carboxylic acids is 2. The fourth-order valence-corrected chi connectivity index (χ4v) is 4.61. The molecule has 2 aliphatic rings. The fourth-order valence-electron chi connectivity index (χ4n) is 4.61. The Morgan fingerprint density at radius 2 is 1.94 bits per heavy atom. The quantitative estimate of drug-likeness (QED) is 0.549. The van der Waals surface area contributed by atoms with Gasteiger partial charge in [0.05, 0.1) is 0 Å². The van der Waals surface area contributed by atoms with Gasteiger partial charge in [0.2, 0.25) is 0 Å². The predicted molar refractivity (Wildman–Crippen MR) is 140 cm³/mol. The Labute approximate surface area is 212 Å². The minimum atomic E-state index is -0.524. The van der Waals surface area contributed by atoms with Crippen molar-refractivity contribution in [2.75, 3.05) is 25.0 Å². The molecule has 1 aliphatic carbocycles. The number of piperidine rings is 1. The summed E-state index contributed by atoms with van der Waals surface area (Å²) in [5.41, 5.74) is 7.56. The third-order valence-electron chi connectivity index (χ3n) is 6.43. The maximum atomic E-state index is 12.5. The lowest BCUT2D eigenvalue weighted by Gasteiger charge is -2.31. The molecule has 3 N–H and O–H groups in total. The van der Waals surface area contributed by atoms with Crippen molar-refractivity contribution in [2.24, 2.45) is 11.7 Å². The van der Waals surface area contributed by atoms with Crippen LogP contribution in [0.2, 0.25) is 0 Å². The van der Waals surface area contributed by atoms with E-state index >= 15 is 0 Å². The van der Waals surface area contributed by atoms with Crippen LogP contribution in [0.1, 0.15) is 49.9 Å². The fraction of sp³-hybridized carbons (Fsp3) is 0.393. The van der Waals surface area contributed by atoms with Gasteiger partial charge in [-0.2, -0.15) is 5.10 Å². The number of nitrogens with zero attached hydrogens (tertiary/aromatic N) is 3. The Balaban J connectivity index is 1.55. The molecule has 2 aromatic rings. The minimum absolute atomic E-state index is 0.120. The smallest absolute Gasteiger partial charge is 0.298 e. The van der Waals surface area contributed by atoms with Gasteiger partial charge in [0, 0.05) is 31.7 Å². The summed E-state index contributed by atoms with van der Waals surface area (Å²) < 4.78 is 7.80. The number of rotatable bonds is 8. The third-order valence-corrected chi connectivity index (χ3v) is 6.43. The number of hydrogen-bond donors (Lipinski definition) is 2. The van der Waals surface area contributed by atoms with Crippen molar-refractivity contribution < 1.29 is 14.3 Å². The van der Waals surface area contributed by atoms with Crippen LogP contribution in [-0.2, 0) is 11.3 Å². The molecule has 188 valence electrons. The molecule has 4 rings (SSSR count). The molecule has 0 atom stereocenters. The first kappa shape index (κ1) is 25.1. The first-order chi connectivity index (χ1) is 17.5. The molecule has 8 nitrogen and oxygen atoms in total. The second kappa shape index (κ2) is 11.6. The van der Waals surface area contributed by atoms with Crippen molar-refractivity contribution in [1.82, 2.24) is 14.7 Å². The zero-order chi connectivity index (χ0) is 25.5. The molecule has 0 bridgehead atoms. The van der Waals surface area contributed by atoms with Crippen molar-refractivity contribution >= 4 is 17.6 Å². The monoisotopic (exact) mass is 487 g/mol. The molecule has 1 aromatic carbocycles. The average molecular weight is 488 g/mol. The second-order valence-electron chi connectivity index (χ2n) is 8.97. The summed E-state index contributed by atoms with van der Waals surface area (Å²) in [4.78, 5) is 26.4. The topological polar surface area (TPSA) is 102 Å². The molecule has 0 spiro atoms. The highest BCUT2D eigenvalue weighted by Gasteiger charge is 2.27. The standard InChI is InChI=1S/C28H33N5O3/c1-3-8-24(34)32-17-15-20(16-18-32)19-33-28(30-4-2)25(27(29)35)26(31-33)21-11-13-23(14-12-21)36-22-9-6-5-7-10-22/h6,9-14,20,30H,4-5,7,15-19H2,1-2H3,(H2,29,35). The van der Waals surface area contributed by atoms with E-state index in [9.17, 15) is 9.59 Å². The number of primary amides is 1. The van der Waals surface area contributed by atoms with E-state index in [0.717, 1.165) is 42.8 Å². The zero-order valence-corrected chi connectivity index (χ0v) is 20.9. The van der Waals surface area contributed by atoms with Gasteiger partial charge in [-0.1, -0.05) is 12.0 Å². The summed E-state index contributed by atoms with van der Waals surface area (Å²) in [6, 6.07) is 7.55. The number of anilines is 1. The van der Waals surface area contributed by atoms with Crippen LogP contribution in [0.15, 0.2) is 48.3 Å². The number of nitrogens with two attached hydrogens (primary N) is 1. The number of carbonyl (C=O) groups is 2. The van der Waals surface area contributed by atoms with E-state index in [1.165, 1.54) is 0 Å². The summed E-state index contributed by atoms with van der Waals surface area (Å²) >= 11 is 0. The normalized spacial score (nSPS) is 15.6. The van der Waals surface area contributed by atoms with Crippen LogP contribution in [0.3, 0.4) is 0 Å². The zero-order valence-electron chi connectivity index (χ0n) is 20.9. The molecule has 2 amide bonds. The summed E-state index contributed by atoms with van der Waals surface area (Å²) in [5.74, 6) is 7.15. The maximum absolute atomic E-state index is 12.5. The van der Waals surface area contributed by atoms with Gasteiger partial charge in [0.15, 0.2) is 0 Å². The van der Waals surface area contributed by atoms with Gasteiger partial charge >= 0.3 is 0 Å². The molecule has 8 heteroatoms. The highest BCUT2D eigenvalue weighted by Crippen LogP contribution is 2.32. The number of ether oxygens (including phenoxy) is 1. The van der Waals surface area contributed by atoms with E-state index in [-0.39, 0.29) is 5.91 Å². The molecule has 36 heavy (non-hydrogen) atoms. The van der Waals surface area contributed by atoms with Crippen LogP contribution in [0.4, 0.5) is 5.82 Å². The SMILES string of the molecule is CC#CC(=O)N1CCC(Cn2nc(-c3ccc(OC4=CCCC=C4)cc3)c(C(N)=O)c2NCC)CC1. The molecular formula is C28H33N5O3. The molecule has 1 aromatic heterocycles. The van der Waals surface area contributed by atoms with Crippen LogP contribution in [0.25, 0.3) is 11.3 Å². The molecule has 1 aliphatic heterocycles. The second-order valence-corrected chi connectivity index (χ2v) is 8.97. The largest absolute Gasteiger partial charge is 0.458 e. The Bertz CT molecular complexity index is 1220. The number of allylic oxidation sites excluding steroid dienone is 3. The third kappa shape index (κ3) is 5.80. The van der Waals surface area contributed by atoms with Crippen molar-refractivity contribution in [2.45, 2.75) is 46.1 Å². The van der Waals surface area contributed by atoms with E-state index in [4.69, 9.17) is 15.6 Å². The highest BCUT2D eigenvalue weighted by atomic mass is 16.5. The number of benzene rings is 1. The van der Waals surface area contributed by atoms with Gasteiger partial charge in [-0.25, -0.2) is 4.68 Å². The Morgan fingerprint density at radius 1 is 1.19 bits per heavy atom. The Hall–Kier alpha value is -3.99. The highest BCUT2D eigenvalue weighted by molar-refractivity contribution is 6.03. The van der Waals surface area contributed by atoms with Crippen molar-refractivity contribution in [3.63, 3.8) is 0 Å². The molecule has 0 unspecified atom stereocenters. The maximum Gasteiger partial charge on any atom is 0.298 e. The Kier molecular flexibility index (Phi) is 8.11. The molecule has 0 saturated carbocycles. The van der Waals surface area contributed by atoms with Crippen molar-refractivity contribution in [1.29, 1.82) is 0 Å². The summed E-state index contributed by atoms with van der Waals surface area (Å²) in [5, 5.41) is 8.12. The molecule has 1 fully saturated rings. The van der Waals surface area contributed by atoms with Crippen LogP contribution in [0, 0.1) is 17.8 Å². The van der Waals surface area contributed by atoms with E-state index in [0.29, 0.717) is 49.2 Å². The number of likely N-dealkylation sites (tertiary alicyclic amines) is 1. The number of aromatic nitrogens is 2. The first-order valence-corrected chi connectivity index (χ1v) is 12.5. The van der Waals surface area contributed by atoms with E-state index in [2.05, 4.69) is 29.3 Å². The molecule has 0 radical (unpaired) electrons. The van der Waals surface area contributed by atoms with Gasteiger partial charge < -0.3 is 20.7 Å². The summed E-state index contributed by atoms with van der Waals surface area (Å²) in [7, 11) is 0. The lowest BCUT2D eigenvalue weighted by Crippen LogP contribution is -2.38. The lowest BCUT2D eigenvalue weighted by molar-refractivity contribution is -0.126. The minimum Gasteiger partial charge on any atom is -0.458 e.